The summed E-state index contributed by atoms with van der Waals surface area (Å²) < 4.78 is 15.5. The van der Waals surface area contributed by atoms with E-state index >= 15 is 0 Å². The van der Waals surface area contributed by atoms with E-state index in [4.69, 9.17) is 14.2 Å². The van der Waals surface area contributed by atoms with E-state index in [1.54, 1.807) is 6.92 Å². The van der Waals surface area contributed by atoms with Gasteiger partial charge in [0.2, 0.25) is 0 Å². The van der Waals surface area contributed by atoms with Crippen LogP contribution in [0.5, 0.6) is 0 Å². The highest BCUT2D eigenvalue weighted by atomic mass is 16.6. The normalized spacial score (nSPS) is 40.4. The molecule has 0 radical (unpaired) electrons. The van der Waals surface area contributed by atoms with E-state index in [0.717, 1.165) is 0 Å². The number of esters is 3. The van der Waals surface area contributed by atoms with Gasteiger partial charge in [0.05, 0.1) is 18.9 Å². The fraction of sp³-hybridized carbons (Fsp3) is 0.643. The van der Waals surface area contributed by atoms with Crippen LogP contribution in [0.4, 0.5) is 0 Å². The Kier molecular flexibility index (Phi) is 2.84. The summed E-state index contributed by atoms with van der Waals surface area (Å²) in [6.07, 6.45) is -0.354. The van der Waals surface area contributed by atoms with Gasteiger partial charge in [0.25, 0.3) is 0 Å². The molecule has 0 spiro atoms. The largest absolute Gasteiger partial charge is 0.469 e. The summed E-state index contributed by atoms with van der Waals surface area (Å²) >= 11 is 0. The van der Waals surface area contributed by atoms with Gasteiger partial charge in [-0.05, 0) is 13.3 Å². The molecule has 1 aliphatic heterocycles. The monoisotopic (exact) mass is 280 g/mol. The van der Waals surface area contributed by atoms with Gasteiger partial charge >= 0.3 is 17.9 Å². The molecule has 3 aliphatic rings. The highest BCUT2D eigenvalue weighted by molar-refractivity contribution is 5.88. The van der Waals surface area contributed by atoms with Crippen molar-refractivity contribution in [2.75, 3.05) is 7.11 Å². The Balaban J connectivity index is 1.88. The van der Waals surface area contributed by atoms with Crippen LogP contribution in [0.2, 0.25) is 0 Å². The molecule has 0 amide bonds. The second-order valence-electron chi connectivity index (χ2n) is 5.69. The molecule has 6 unspecified atom stereocenters. The van der Waals surface area contributed by atoms with Gasteiger partial charge < -0.3 is 14.2 Å². The third-order valence-electron chi connectivity index (χ3n) is 4.61. The molecular weight excluding hydrogens is 264 g/mol. The van der Waals surface area contributed by atoms with Crippen molar-refractivity contribution in [2.24, 2.45) is 23.7 Å². The Labute approximate surface area is 116 Å². The van der Waals surface area contributed by atoms with Crippen molar-refractivity contribution in [3.63, 3.8) is 0 Å². The lowest BCUT2D eigenvalue weighted by atomic mass is 9.78. The minimum Gasteiger partial charge on any atom is -0.469 e. The summed E-state index contributed by atoms with van der Waals surface area (Å²) in [5.74, 6) is -2.62. The lowest BCUT2D eigenvalue weighted by Gasteiger charge is -2.29. The Morgan fingerprint density at radius 3 is 2.65 bits per heavy atom. The molecule has 0 N–H and O–H groups in total. The summed E-state index contributed by atoms with van der Waals surface area (Å²) in [6, 6.07) is 0. The van der Waals surface area contributed by atoms with Crippen LogP contribution < -0.4 is 0 Å². The molecule has 3 fully saturated rings. The molecular formula is C14H16O6. The van der Waals surface area contributed by atoms with Crippen LogP contribution in [0.1, 0.15) is 13.3 Å². The van der Waals surface area contributed by atoms with Crippen LogP contribution in [0, 0.1) is 23.7 Å². The van der Waals surface area contributed by atoms with Crippen LogP contribution in [0.15, 0.2) is 12.2 Å². The van der Waals surface area contributed by atoms with Crippen molar-refractivity contribution in [3.8, 4) is 0 Å². The molecule has 20 heavy (non-hydrogen) atoms. The highest BCUT2D eigenvalue weighted by Gasteiger charge is 2.70. The van der Waals surface area contributed by atoms with Gasteiger partial charge in [0.15, 0.2) is 0 Å². The van der Waals surface area contributed by atoms with Gasteiger partial charge in [-0.3, -0.25) is 9.59 Å². The summed E-state index contributed by atoms with van der Waals surface area (Å²) in [7, 11) is 1.29. The maximum atomic E-state index is 11.9. The summed E-state index contributed by atoms with van der Waals surface area (Å²) in [4.78, 5) is 35.5. The maximum Gasteiger partial charge on any atom is 0.333 e. The van der Waals surface area contributed by atoms with Gasteiger partial charge in [0.1, 0.15) is 12.2 Å². The Hall–Kier alpha value is -1.85. The predicted octanol–water partition coefficient (Wildman–Crippen LogP) is 0.455. The Morgan fingerprint density at radius 1 is 1.35 bits per heavy atom. The quantitative estimate of drug-likeness (QED) is 0.424. The van der Waals surface area contributed by atoms with E-state index in [1.807, 2.05) is 0 Å². The second kappa shape index (κ2) is 4.33. The van der Waals surface area contributed by atoms with Crippen LogP contribution in [0.3, 0.4) is 0 Å². The summed E-state index contributed by atoms with van der Waals surface area (Å²) in [5.41, 5.74) is 0.281. The van der Waals surface area contributed by atoms with E-state index in [1.165, 1.54) is 7.11 Å². The standard InChI is InChI=1S/C14H16O6/c1-5(2)12(15)19-10-6-4-7-9(8(6)13(16)18-3)14(17)20-11(7)10/h6-11H,1,4H2,2-3H3. The third-order valence-corrected chi connectivity index (χ3v) is 4.61. The second-order valence-corrected chi connectivity index (χ2v) is 5.69. The van der Waals surface area contributed by atoms with E-state index in [-0.39, 0.29) is 23.4 Å². The first-order valence-corrected chi connectivity index (χ1v) is 6.60. The minimum absolute atomic E-state index is 0.0560. The van der Waals surface area contributed by atoms with Gasteiger partial charge in [-0.25, -0.2) is 4.79 Å². The van der Waals surface area contributed by atoms with E-state index < -0.39 is 36.0 Å². The maximum absolute atomic E-state index is 11.9. The van der Waals surface area contributed by atoms with E-state index in [9.17, 15) is 14.4 Å². The molecule has 6 atom stereocenters. The van der Waals surface area contributed by atoms with Crippen molar-refractivity contribution < 1.29 is 28.6 Å². The lowest BCUT2D eigenvalue weighted by molar-refractivity contribution is -0.161. The Morgan fingerprint density at radius 2 is 2.05 bits per heavy atom. The Bertz CT molecular complexity index is 510. The number of carbonyl (C=O) groups is 3. The SMILES string of the molecule is C=C(C)C(=O)OC1C2CC3C1OC(=O)C3C2C(=O)OC. The summed E-state index contributed by atoms with van der Waals surface area (Å²) in [5, 5.41) is 0. The summed E-state index contributed by atoms with van der Waals surface area (Å²) in [6.45, 7) is 5.08. The van der Waals surface area contributed by atoms with E-state index in [0.29, 0.717) is 6.42 Å². The van der Waals surface area contributed by atoms with Gasteiger partial charge in [-0.1, -0.05) is 6.58 Å². The molecule has 6 heteroatoms. The van der Waals surface area contributed by atoms with Crippen LogP contribution in [0.25, 0.3) is 0 Å². The number of methoxy groups -OCH3 is 1. The number of fused-ring (bicyclic) bond motifs is 1. The highest BCUT2D eigenvalue weighted by Crippen LogP contribution is 2.58. The number of ether oxygens (including phenoxy) is 3. The zero-order valence-corrected chi connectivity index (χ0v) is 11.3. The van der Waals surface area contributed by atoms with Gasteiger partial charge in [0, 0.05) is 17.4 Å². The molecule has 108 valence electrons. The van der Waals surface area contributed by atoms with Crippen molar-refractivity contribution >= 4 is 17.9 Å². The number of hydrogen-bond donors (Lipinski definition) is 0. The van der Waals surface area contributed by atoms with Crippen LogP contribution in [-0.2, 0) is 28.6 Å². The van der Waals surface area contributed by atoms with Gasteiger partial charge in [-0.2, -0.15) is 0 Å². The average Bonchev–Trinajstić information content (AvgIpc) is 3.00. The van der Waals surface area contributed by atoms with Crippen molar-refractivity contribution in [1.82, 2.24) is 0 Å². The topological polar surface area (TPSA) is 78.9 Å². The molecule has 0 aromatic carbocycles. The first-order chi connectivity index (χ1) is 9.45. The molecule has 2 aliphatic carbocycles. The lowest BCUT2D eigenvalue weighted by Crippen LogP contribution is -2.43. The third kappa shape index (κ3) is 1.60. The predicted molar refractivity (Wildman–Crippen MR) is 65.2 cm³/mol. The molecule has 3 rings (SSSR count). The number of carbonyl (C=O) groups excluding carboxylic acids is 3. The minimum atomic E-state index is -0.573. The molecule has 0 aromatic rings. The molecule has 0 aromatic heterocycles. The first-order valence-electron chi connectivity index (χ1n) is 6.60. The van der Waals surface area contributed by atoms with Crippen molar-refractivity contribution in [2.45, 2.75) is 25.6 Å². The van der Waals surface area contributed by atoms with Crippen LogP contribution in [-0.4, -0.2) is 37.2 Å². The van der Waals surface area contributed by atoms with Crippen molar-refractivity contribution in [1.29, 1.82) is 0 Å². The zero-order chi connectivity index (χ0) is 14.6. The number of hydrogen-bond acceptors (Lipinski definition) is 6. The first kappa shape index (κ1) is 13.1. The van der Waals surface area contributed by atoms with Crippen LogP contribution >= 0.6 is 0 Å². The zero-order valence-electron chi connectivity index (χ0n) is 11.3. The van der Waals surface area contributed by atoms with Crippen molar-refractivity contribution in [3.05, 3.63) is 12.2 Å². The molecule has 2 bridgehead atoms. The molecule has 1 heterocycles. The molecule has 1 saturated heterocycles. The number of rotatable bonds is 3. The van der Waals surface area contributed by atoms with E-state index in [2.05, 4.69) is 6.58 Å². The average molecular weight is 280 g/mol. The fourth-order valence-electron chi connectivity index (χ4n) is 3.83. The fourth-order valence-corrected chi connectivity index (χ4v) is 3.83. The van der Waals surface area contributed by atoms with Gasteiger partial charge in [-0.15, -0.1) is 0 Å². The molecule has 2 saturated carbocycles. The smallest absolute Gasteiger partial charge is 0.333 e. The molecule has 6 nitrogen and oxygen atoms in total.